The molecular formula is C34H52O9. The Hall–Kier alpha value is -2.37. The van der Waals surface area contributed by atoms with Crippen molar-refractivity contribution in [2.75, 3.05) is 20.8 Å². The van der Waals surface area contributed by atoms with Crippen LogP contribution in [0.4, 0.5) is 0 Å². The van der Waals surface area contributed by atoms with Gasteiger partial charge in [-0.25, -0.2) is 0 Å². The van der Waals surface area contributed by atoms with Gasteiger partial charge in [0.1, 0.15) is 30.5 Å². The van der Waals surface area contributed by atoms with Crippen molar-refractivity contribution >= 4 is 5.97 Å². The van der Waals surface area contributed by atoms with E-state index in [1.165, 1.54) is 7.11 Å². The number of rotatable bonds is 8. The predicted molar refractivity (Wildman–Crippen MR) is 166 cm³/mol. The number of allylic oxidation sites excluding steroid dienone is 7. The Labute approximate surface area is 257 Å². The lowest BCUT2D eigenvalue weighted by Crippen LogP contribution is -2.60. The minimum atomic E-state index is -1.36. The topological polar surface area (TPSA) is 124 Å². The number of esters is 1. The predicted octanol–water partition coefficient (Wildman–Crippen LogP) is 4.49. The van der Waals surface area contributed by atoms with Crippen molar-refractivity contribution in [3.8, 4) is 0 Å². The molecule has 2 rings (SSSR count). The molecule has 43 heavy (non-hydrogen) atoms. The highest BCUT2D eigenvalue weighted by atomic mass is 16.7. The second-order valence-electron chi connectivity index (χ2n) is 11.2. The van der Waals surface area contributed by atoms with Gasteiger partial charge in [0.25, 0.3) is 0 Å². The summed E-state index contributed by atoms with van der Waals surface area (Å²) in [6.07, 6.45) is 14.9. The smallest absolute Gasteiger partial charge is 0.309 e. The second kappa shape index (κ2) is 19.8. The summed E-state index contributed by atoms with van der Waals surface area (Å²) in [6, 6.07) is 0. The summed E-state index contributed by atoms with van der Waals surface area (Å²) >= 11 is 0. The van der Waals surface area contributed by atoms with E-state index in [-0.39, 0.29) is 12.5 Å². The first-order valence-electron chi connectivity index (χ1n) is 15.1. The Kier molecular flexibility index (Phi) is 17.0. The molecule has 0 aliphatic carbocycles. The molecule has 0 radical (unpaired) electrons. The lowest BCUT2D eigenvalue weighted by atomic mass is 9.98. The summed E-state index contributed by atoms with van der Waals surface area (Å²) in [6.45, 7) is 7.66. The van der Waals surface area contributed by atoms with Gasteiger partial charge in [0.2, 0.25) is 0 Å². The van der Waals surface area contributed by atoms with E-state index in [0.717, 1.165) is 24.0 Å². The van der Waals surface area contributed by atoms with E-state index in [4.69, 9.17) is 23.7 Å². The van der Waals surface area contributed by atoms with Gasteiger partial charge in [-0.05, 0) is 57.6 Å². The fourth-order valence-electron chi connectivity index (χ4n) is 5.11. The molecule has 1 fully saturated rings. The third-order valence-electron chi connectivity index (χ3n) is 7.50. The quantitative estimate of drug-likeness (QED) is 0.272. The second-order valence-corrected chi connectivity index (χ2v) is 11.2. The average molecular weight is 605 g/mol. The molecule has 2 aliphatic heterocycles. The standard InChI is InChI=1S/C34H52O9/c1-7-8-14-24(3)20-26-16-12-10-9-11-15-23(2)19-25(4)28(39-5)18-13-17-27(21-30(36)41-26)42-34-32(38)33(40-6)31(37)29(22-35)43-34/h7-13,17,19-20,23,26-29,31-35,37-38H,14-16,18,21-22H2,1-6H3/b8-7+,11-9+,12-10+,17-13-,24-20+,25-19+/t23-,26?,27?,28-,29+,31+,32+,33-,34+/m0/s1. The first-order valence-corrected chi connectivity index (χ1v) is 15.1. The van der Waals surface area contributed by atoms with Crippen LogP contribution in [0.1, 0.15) is 59.8 Å². The first kappa shape index (κ1) is 36.8. The van der Waals surface area contributed by atoms with E-state index in [9.17, 15) is 20.1 Å². The maximum Gasteiger partial charge on any atom is 0.309 e. The molecule has 242 valence electrons. The summed E-state index contributed by atoms with van der Waals surface area (Å²) in [4.78, 5) is 13.3. The zero-order valence-corrected chi connectivity index (χ0v) is 26.5. The monoisotopic (exact) mass is 604 g/mol. The van der Waals surface area contributed by atoms with Crippen molar-refractivity contribution in [2.24, 2.45) is 5.92 Å². The fourth-order valence-corrected chi connectivity index (χ4v) is 5.11. The Balaban J connectivity index is 2.38. The zero-order valence-electron chi connectivity index (χ0n) is 26.5. The van der Waals surface area contributed by atoms with Crippen LogP contribution in [0.25, 0.3) is 0 Å². The number of hydrogen-bond donors (Lipinski definition) is 3. The van der Waals surface area contributed by atoms with Crippen LogP contribution in [0.15, 0.2) is 71.9 Å². The first-order chi connectivity index (χ1) is 20.6. The van der Waals surface area contributed by atoms with Crippen molar-refractivity contribution in [3.05, 3.63) is 71.9 Å². The molecule has 9 heteroatoms. The molecule has 2 heterocycles. The number of aliphatic hydroxyl groups is 3. The molecule has 0 saturated carbocycles. The van der Waals surface area contributed by atoms with Crippen LogP contribution in [0.3, 0.4) is 0 Å². The Morgan fingerprint density at radius 2 is 1.79 bits per heavy atom. The number of aliphatic hydroxyl groups excluding tert-OH is 3. The third-order valence-corrected chi connectivity index (χ3v) is 7.50. The molecule has 0 aromatic heterocycles. The molecule has 0 aromatic rings. The van der Waals surface area contributed by atoms with E-state index < -0.39 is 55.5 Å². The Morgan fingerprint density at radius 3 is 2.44 bits per heavy atom. The fraction of sp³-hybridized carbons (Fsp3) is 0.618. The molecule has 1 saturated heterocycles. The van der Waals surface area contributed by atoms with E-state index in [1.807, 2.05) is 63.3 Å². The highest BCUT2D eigenvalue weighted by Crippen LogP contribution is 2.26. The van der Waals surface area contributed by atoms with Gasteiger partial charge in [0, 0.05) is 20.6 Å². The van der Waals surface area contributed by atoms with E-state index in [1.54, 1.807) is 13.2 Å². The lowest BCUT2D eigenvalue weighted by molar-refractivity contribution is -0.311. The summed E-state index contributed by atoms with van der Waals surface area (Å²) in [7, 11) is 3.01. The number of ether oxygens (including phenoxy) is 5. The molecule has 2 unspecified atom stereocenters. The molecular weight excluding hydrogens is 552 g/mol. The summed E-state index contributed by atoms with van der Waals surface area (Å²) in [5.41, 5.74) is 2.17. The largest absolute Gasteiger partial charge is 0.458 e. The van der Waals surface area contributed by atoms with Gasteiger partial charge in [-0.1, -0.05) is 67.2 Å². The average Bonchev–Trinajstić information content (AvgIpc) is 2.96. The van der Waals surface area contributed by atoms with Gasteiger partial charge in [0.15, 0.2) is 6.29 Å². The number of carbonyl (C=O) groups is 1. The SMILES string of the molecule is C/C=C/C/C(C)=C/C1C/C=C/C=C/C[C@H](C)/C=C(\C)[C@@H](OC)C/C=C\C(O[C@@H]2O[C@H](CO)[C@@H](O)[C@H](OC)[C@H]2O)CC(=O)O1. The Bertz CT molecular complexity index is 1010. The third kappa shape index (κ3) is 12.6. The van der Waals surface area contributed by atoms with E-state index >= 15 is 0 Å². The van der Waals surface area contributed by atoms with Gasteiger partial charge in [0.05, 0.1) is 25.2 Å². The van der Waals surface area contributed by atoms with Gasteiger partial charge in [-0.2, -0.15) is 0 Å². The maximum absolute atomic E-state index is 13.3. The normalized spacial score (nSPS) is 37.5. The van der Waals surface area contributed by atoms with E-state index in [2.05, 4.69) is 19.1 Å². The molecule has 0 spiro atoms. The molecule has 9 nitrogen and oxygen atoms in total. The molecule has 9 atom stereocenters. The minimum Gasteiger partial charge on any atom is -0.458 e. The molecule has 2 aliphatic rings. The van der Waals surface area contributed by atoms with Crippen molar-refractivity contribution in [1.29, 1.82) is 0 Å². The zero-order chi connectivity index (χ0) is 31.8. The Morgan fingerprint density at radius 1 is 1.07 bits per heavy atom. The number of cyclic esters (lactones) is 1. The van der Waals surface area contributed by atoms with Crippen LogP contribution in [-0.2, 0) is 28.5 Å². The molecule has 0 aromatic carbocycles. The van der Waals surface area contributed by atoms with Crippen molar-refractivity contribution in [2.45, 2.75) is 109 Å². The number of carbonyl (C=O) groups excluding carboxylic acids is 1. The number of hydrogen-bond acceptors (Lipinski definition) is 9. The highest BCUT2D eigenvalue weighted by Gasteiger charge is 2.46. The molecule has 0 amide bonds. The van der Waals surface area contributed by atoms with E-state index in [0.29, 0.717) is 18.8 Å². The van der Waals surface area contributed by atoms with Crippen LogP contribution in [0, 0.1) is 5.92 Å². The maximum atomic E-state index is 13.3. The lowest BCUT2D eigenvalue weighted by Gasteiger charge is -2.42. The summed E-state index contributed by atoms with van der Waals surface area (Å²) in [5, 5.41) is 31.0. The molecule has 0 bridgehead atoms. The van der Waals surface area contributed by atoms with Crippen LogP contribution >= 0.6 is 0 Å². The van der Waals surface area contributed by atoms with Gasteiger partial charge in [-0.3, -0.25) is 4.79 Å². The van der Waals surface area contributed by atoms with Crippen molar-refractivity contribution in [3.63, 3.8) is 0 Å². The van der Waals surface area contributed by atoms with Gasteiger partial charge < -0.3 is 39.0 Å². The number of methoxy groups -OCH3 is 2. The van der Waals surface area contributed by atoms with Gasteiger partial charge >= 0.3 is 5.97 Å². The van der Waals surface area contributed by atoms with Crippen LogP contribution < -0.4 is 0 Å². The van der Waals surface area contributed by atoms with Crippen molar-refractivity contribution in [1.82, 2.24) is 0 Å². The summed E-state index contributed by atoms with van der Waals surface area (Å²) in [5.74, 6) is -0.166. The molecule has 3 N–H and O–H groups in total. The highest BCUT2D eigenvalue weighted by molar-refractivity contribution is 5.70. The summed E-state index contributed by atoms with van der Waals surface area (Å²) < 4.78 is 28.7. The van der Waals surface area contributed by atoms with Gasteiger partial charge in [-0.15, -0.1) is 0 Å². The van der Waals surface area contributed by atoms with Crippen LogP contribution in [0.5, 0.6) is 0 Å². The van der Waals surface area contributed by atoms with Crippen LogP contribution in [-0.4, -0.2) is 91.1 Å². The minimum absolute atomic E-state index is 0.154. The van der Waals surface area contributed by atoms with Crippen molar-refractivity contribution < 1.29 is 43.8 Å². The van der Waals surface area contributed by atoms with Crippen LogP contribution in [0.2, 0.25) is 0 Å².